The summed E-state index contributed by atoms with van der Waals surface area (Å²) in [5, 5.41) is 0. The predicted octanol–water partition coefficient (Wildman–Crippen LogP) is 4.34. The lowest BCUT2D eigenvalue weighted by atomic mass is 10.1. The van der Waals surface area contributed by atoms with E-state index in [0.717, 1.165) is 5.56 Å². The standard InChI is InChI=1S/C17H15FO/c1-12-3-5-14(6-4-12)7-10-17(19)15-8-9-16(18)13(2)11-15/h3-11H,1-2H3/b10-7+. The Balaban J connectivity index is 2.16. The van der Waals surface area contributed by atoms with Crippen molar-refractivity contribution in [2.24, 2.45) is 0 Å². The van der Waals surface area contributed by atoms with E-state index in [1.165, 1.54) is 23.8 Å². The molecule has 0 bridgehead atoms. The maximum absolute atomic E-state index is 13.1. The van der Waals surface area contributed by atoms with E-state index >= 15 is 0 Å². The van der Waals surface area contributed by atoms with Gasteiger partial charge in [-0.15, -0.1) is 0 Å². The van der Waals surface area contributed by atoms with Gasteiger partial charge in [0.15, 0.2) is 5.78 Å². The molecule has 2 rings (SSSR count). The molecule has 0 aliphatic carbocycles. The van der Waals surface area contributed by atoms with Gasteiger partial charge in [-0.1, -0.05) is 35.9 Å². The first kappa shape index (κ1) is 13.2. The lowest BCUT2D eigenvalue weighted by Crippen LogP contribution is -1.96. The molecule has 0 aliphatic heterocycles. The zero-order chi connectivity index (χ0) is 13.8. The van der Waals surface area contributed by atoms with Crippen molar-refractivity contribution in [3.05, 3.63) is 76.6 Å². The molecule has 1 nitrogen and oxygen atoms in total. The number of benzene rings is 2. The maximum atomic E-state index is 13.1. The van der Waals surface area contributed by atoms with Crippen LogP contribution in [0.1, 0.15) is 27.0 Å². The van der Waals surface area contributed by atoms with Gasteiger partial charge in [0.25, 0.3) is 0 Å². The smallest absolute Gasteiger partial charge is 0.185 e. The first-order chi connectivity index (χ1) is 9.06. The van der Waals surface area contributed by atoms with Crippen LogP contribution in [0, 0.1) is 19.7 Å². The van der Waals surface area contributed by atoms with E-state index in [-0.39, 0.29) is 11.6 Å². The lowest BCUT2D eigenvalue weighted by molar-refractivity contribution is 0.104. The number of halogens is 1. The Hall–Kier alpha value is -2.22. The van der Waals surface area contributed by atoms with Gasteiger partial charge in [-0.3, -0.25) is 4.79 Å². The number of rotatable bonds is 3. The van der Waals surface area contributed by atoms with Gasteiger partial charge in [0.05, 0.1) is 0 Å². The third-order valence-electron chi connectivity index (χ3n) is 2.95. The summed E-state index contributed by atoms with van der Waals surface area (Å²) in [5.41, 5.74) is 3.13. The molecule has 0 atom stereocenters. The highest BCUT2D eigenvalue weighted by Crippen LogP contribution is 2.11. The number of aryl methyl sites for hydroxylation is 2. The molecule has 2 aromatic carbocycles. The Kier molecular flexibility index (Phi) is 3.91. The maximum Gasteiger partial charge on any atom is 0.185 e. The first-order valence-corrected chi connectivity index (χ1v) is 6.11. The van der Waals surface area contributed by atoms with Crippen molar-refractivity contribution in [1.82, 2.24) is 0 Å². The topological polar surface area (TPSA) is 17.1 Å². The summed E-state index contributed by atoms with van der Waals surface area (Å²) in [6.07, 6.45) is 3.28. The molecule has 0 saturated heterocycles. The van der Waals surface area contributed by atoms with Crippen LogP contribution < -0.4 is 0 Å². The fourth-order valence-electron chi connectivity index (χ4n) is 1.74. The van der Waals surface area contributed by atoms with Crippen molar-refractivity contribution in [3.8, 4) is 0 Å². The zero-order valence-corrected chi connectivity index (χ0v) is 11.0. The SMILES string of the molecule is Cc1ccc(/C=C/C(=O)c2ccc(F)c(C)c2)cc1. The molecule has 96 valence electrons. The lowest BCUT2D eigenvalue weighted by Gasteiger charge is -1.99. The summed E-state index contributed by atoms with van der Waals surface area (Å²) in [4.78, 5) is 11.9. The van der Waals surface area contributed by atoms with Gasteiger partial charge in [-0.25, -0.2) is 4.39 Å². The molecule has 19 heavy (non-hydrogen) atoms. The Morgan fingerprint density at radius 2 is 1.74 bits per heavy atom. The molecule has 0 fully saturated rings. The van der Waals surface area contributed by atoms with Crippen LogP contribution >= 0.6 is 0 Å². The number of hydrogen-bond acceptors (Lipinski definition) is 1. The van der Waals surface area contributed by atoms with E-state index in [9.17, 15) is 9.18 Å². The van der Waals surface area contributed by atoms with Gasteiger partial charge in [0.1, 0.15) is 5.82 Å². The Bertz CT molecular complexity index is 624. The third-order valence-corrected chi connectivity index (χ3v) is 2.95. The van der Waals surface area contributed by atoms with Crippen LogP contribution in [0.2, 0.25) is 0 Å². The Labute approximate surface area is 112 Å². The van der Waals surface area contributed by atoms with Crippen LogP contribution in [0.25, 0.3) is 6.08 Å². The highest BCUT2D eigenvalue weighted by molar-refractivity contribution is 6.06. The van der Waals surface area contributed by atoms with Crippen LogP contribution in [0.4, 0.5) is 4.39 Å². The molecule has 0 aromatic heterocycles. The normalized spacial score (nSPS) is 10.9. The minimum Gasteiger partial charge on any atom is -0.289 e. The molecule has 0 saturated carbocycles. The second kappa shape index (κ2) is 5.61. The van der Waals surface area contributed by atoms with Crippen LogP contribution in [0.15, 0.2) is 48.5 Å². The second-order valence-corrected chi connectivity index (χ2v) is 4.57. The molecule has 0 unspecified atom stereocenters. The van der Waals surface area contributed by atoms with Crippen LogP contribution in [0.3, 0.4) is 0 Å². The van der Waals surface area contributed by atoms with Crippen molar-refractivity contribution in [2.75, 3.05) is 0 Å². The molecule has 0 radical (unpaired) electrons. The average Bonchev–Trinajstić information content (AvgIpc) is 2.41. The van der Waals surface area contributed by atoms with E-state index in [2.05, 4.69) is 0 Å². The van der Waals surface area contributed by atoms with Crippen molar-refractivity contribution in [2.45, 2.75) is 13.8 Å². The fraction of sp³-hybridized carbons (Fsp3) is 0.118. The first-order valence-electron chi connectivity index (χ1n) is 6.11. The number of ketones is 1. The van der Waals surface area contributed by atoms with Crippen LogP contribution in [0.5, 0.6) is 0 Å². The largest absolute Gasteiger partial charge is 0.289 e. The van der Waals surface area contributed by atoms with Gasteiger partial charge in [-0.2, -0.15) is 0 Å². The minimum absolute atomic E-state index is 0.122. The summed E-state index contributed by atoms with van der Waals surface area (Å²) in [6.45, 7) is 3.66. The van der Waals surface area contributed by atoms with E-state index in [4.69, 9.17) is 0 Å². The number of allylic oxidation sites excluding steroid dienone is 1. The predicted molar refractivity (Wildman–Crippen MR) is 75.7 cm³/mol. The van der Waals surface area contributed by atoms with Crippen molar-refractivity contribution in [3.63, 3.8) is 0 Å². The van der Waals surface area contributed by atoms with E-state index < -0.39 is 0 Å². The molecule has 0 amide bonds. The highest BCUT2D eigenvalue weighted by atomic mass is 19.1. The van der Waals surface area contributed by atoms with Crippen LogP contribution in [-0.4, -0.2) is 5.78 Å². The van der Waals surface area contributed by atoms with Crippen LogP contribution in [-0.2, 0) is 0 Å². The molecule has 2 heteroatoms. The molecular weight excluding hydrogens is 239 g/mol. The van der Waals surface area contributed by atoms with Crippen molar-refractivity contribution < 1.29 is 9.18 Å². The number of hydrogen-bond donors (Lipinski definition) is 0. The summed E-state index contributed by atoms with van der Waals surface area (Å²) in [5.74, 6) is -0.414. The van der Waals surface area contributed by atoms with Gasteiger partial charge in [0, 0.05) is 5.56 Å². The van der Waals surface area contributed by atoms with E-state index in [1.54, 1.807) is 19.1 Å². The van der Waals surface area contributed by atoms with Gasteiger partial charge in [0.2, 0.25) is 0 Å². The minimum atomic E-state index is -0.293. The van der Waals surface area contributed by atoms with Gasteiger partial charge >= 0.3 is 0 Å². The van der Waals surface area contributed by atoms with Gasteiger partial charge in [-0.05, 0) is 49.2 Å². The highest BCUT2D eigenvalue weighted by Gasteiger charge is 2.04. The zero-order valence-electron chi connectivity index (χ0n) is 11.0. The Morgan fingerprint density at radius 1 is 1.05 bits per heavy atom. The average molecular weight is 254 g/mol. The molecule has 0 heterocycles. The molecule has 2 aromatic rings. The van der Waals surface area contributed by atoms with Crippen molar-refractivity contribution in [1.29, 1.82) is 0 Å². The van der Waals surface area contributed by atoms with Gasteiger partial charge < -0.3 is 0 Å². The summed E-state index contributed by atoms with van der Waals surface area (Å²) in [7, 11) is 0. The summed E-state index contributed by atoms with van der Waals surface area (Å²) in [6, 6.07) is 12.3. The molecule has 0 aliphatic rings. The van der Waals surface area contributed by atoms with E-state index in [0.29, 0.717) is 11.1 Å². The summed E-state index contributed by atoms with van der Waals surface area (Å²) >= 11 is 0. The third kappa shape index (κ3) is 3.38. The number of carbonyl (C=O) groups excluding carboxylic acids is 1. The molecule has 0 spiro atoms. The quantitative estimate of drug-likeness (QED) is 0.588. The molecular formula is C17H15FO. The van der Waals surface area contributed by atoms with Crippen molar-refractivity contribution >= 4 is 11.9 Å². The Morgan fingerprint density at radius 3 is 2.37 bits per heavy atom. The monoisotopic (exact) mass is 254 g/mol. The number of carbonyl (C=O) groups is 1. The summed E-state index contributed by atoms with van der Waals surface area (Å²) < 4.78 is 13.1. The second-order valence-electron chi connectivity index (χ2n) is 4.57. The molecule has 0 N–H and O–H groups in total. The fourth-order valence-corrected chi connectivity index (χ4v) is 1.74. The van der Waals surface area contributed by atoms with E-state index in [1.807, 2.05) is 31.2 Å².